The highest BCUT2D eigenvalue weighted by Gasteiger charge is 2.44. The molecule has 1 fully saturated rings. The van der Waals surface area contributed by atoms with Gasteiger partial charge in [0, 0.05) is 0 Å². The summed E-state index contributed by atoms with van der Waals surface area (Å²) in [6.07, 6.45) is -6.75. The summed E-state index contributed by atoms with van der Waals surface area (Å²) in [5, 5.41) is 44.4. The maximum atomic E-state index is 9.12. The smallest absolute Gasteiger partial charge is 0.184 e. The van der Waals surface area contributed by atoms with Gasteiger partial charge < -0.3 is 30.3 Å². The molecule has 0 aliphatic carbocycles. The van der Waals surface area contributed by atoms with Crippen LogP contribution in [0.4, 0.5) is 0 Å². The zero-order valence-corrected chi connectivity index (χ0v) is 6.24. The highest BCUT2D eigenvalue weighted by molar-refractivity contribution is 4.89. The van der Waals surface area contributed by atoms with Crippen molar-refractivity contribution in [2.24, 2.45) is 0 Å². The standard InChI is InChI=1S/C6H12O6/c7-1-2(8)5-3(9)4(10)6(11)12-5/h2-11H,1H2/t2?,3-,4-,5-,6-/m1/s1. The number of aliphatic hydroxyl groups is 5. The Bertz CT molecular complexity index is 151. The molecule has 0 saturated carbocycles. The lowest BCUT2D eigenvalue weighted by Crippen LogP contribution is -2.40. The second-order valence-electron chi connectivity index (χ2n) is 2.72. The molecule has 1 saturated heterocycles. The zero-order chi connectivity index (χ0) is 9.30. The van der Waals surface area contributed by atoms with Gasteiger partial charge in [-0.15, -0.1) is 0 Å². The van der Waals surface area contributed by atoms with Crippen molar-refractivity contribution in [1.29, 1.82) is 0 Å². The molecule has 1 aliphatic rings. The molecule has 0 aromatic heterocycles. The Labute approximate surface area is 68.6 Å². The van der Waals surface area contributed by atoms with E-state index in [9.17, 15) is 0 Å². The molecule has 5 N–H and O–H groups in total. The van der Waals surface area contributed by atoms with E-state index in [1.807, 2.05) is 0 Å². The fourth-order valence-corrected chi connectivity index (χ4v) is 1.11. The van der Waals surface area contributed by atoms with E-state index >= 15 is 0 Å². The summed E-state index contributed by atoms with van der Waals surface area (Å²) in [5.74, 6) is 0. The van der Waals surface area contributed by atoms with E-state index in [2.05, 4.69) is 4.74 Å². The monoisotopic (exact) mass is 180 g/mol. The van der Waals surface area contributed by atoms with Crippen molar-refractivity contribution >= 4 is 0 Å². The normalized spacial score (nSPS) is 44.8. The third-order valence-corrected chi connectivity index (χ3v) is 1.84. The first-order valence-electron chi connectivity index (χ1n) is 3.56. The van der Waals surface area contributed by atoms with E-state index in [0.29, 0.717) is 0 Å². The molecule has 1 unspecified atom stereocenters. The Kier molecular flexibility index (Phi) is 2.99. The molecule has 0 aromatic rings. The summed E-state index contributed by atoms with van der Waals surface area (Å²) in [7, 11) is 0. The van der Waals surface area contributed by atoms with Crippen molar-refractivity contribution in [2.75, 3.05) is 6.61 Å². The molecule has 0 spiro atoms. The zero-order valence-electron chi connectivity index (χ0n) is 6.24. The molecule has 72 valence electrons. The molecule has 1 heterocycles. The van der Waals surface area contributed by atoms with Gasteiger partial charge in [0.15, 0.2) is 6.29 Å². The quantitative estimate of drug-likeness (QED) is 0.306. The number of aliphatic hydroxyl groups excluding tert-OH is 5. The number of hydrogen-bond donors (Lipinski definition) is 5. The first-order chi connectivity index (χ1) is 5.57. The first-order valence-corrected chi connectivity index (χ1v) is 3.56. The van der Waals surface area contributed by atoms with Crippen LogP contribution in [0.3, 0.4) is 0 Å². The molecular formula is C6H12O6. The maximum Gasteiger partial charge on any atom is 0.184 e. The number of rotatable bonds is 2. The fraction of sp³-hybridized carbons (Fsp3) is 1.00. The Morgan fingerprint density at radius 2 is 1.75 bits per heavy atom. The van der Waals surface area contributed by atoms with Crippen molar-refractivity contribution < 1.29 is 30.3 Å². The summed E-state index contributed by atoms with van der Waals surface area (Å²) < 4.78 is 4.58. The van der Waals surface area contributed by atoms with Crippen molar-refractivity contribution in [2.45, 2.75) is 30.7 Å². The topological polar surface area (TPSA) is 110 Å². The van der Waals surface area contributed by atoms with Gasteiger partial charge in [0.2, 0.25) is 0 Å². The summed E-state index contributed by atoms with van der Waals surface area (Å²) in [6.45, 7) is -0.596. The summed E-state index contributed by atoms with van der Waals surface area (Å²) in [6, 6.07) is 0. The van der Waals surface area contributed by atoms with Gasteiger partial charge in [-0.2, -0.15) is 0 Å². The van der Waals surface area contributed by atoms with Crippen LogP contribution < -0.4 is 0 Å². The van der Waals surface area contributed by atoms with E-state index in [-0.39, 0.29) is 0 Å². The fourth-order valence-electron chi connectivity index (χ4n) is 1.11. The minimum absolute atomic E-state index is 0.596. The van der Waals surface area contributed by atoms with Crippen LogP contribution in [-0.4, -0.2) is 62.8 Å². The van der Waals surface area contributed by atoms with Crippen molar-refractivity contribution in [3.8, 4) is 0 Å². The molecule has 1 aliphatic heterocycles. The SMILES string of the molecule is OCC(O)[C@H]1O[C@@H](O)[C@H](O)[C@H]1O. The summed E-state index contributed by atoms with van der Waals surface area (Å²) >= 11 is 0. The minimum Gasteiger partial charge on any atom is -0.394 e. The van der Waals surface area contributed by atoms with Crippen molar-refractivity contribution in [3.05, 3.63) is 0 Å². The van der Waals surface area contributed by atoms with Gasteiger partial charge in [0.25, 0.3) is 0 Å². The molecular weight excluding hydrogens is 168 g/mol. The van der Waals surface area contributed by atoms with Crippen LogP contribution in [0.5, 0.6) is 0 Å². The van der Waals surface area contributed by atoms with E-state index < -0.39 is 37.3 Å². The van der Waals surface area contributed by atoms with Crippen LogP contribution in [0, 0.1) is 0 Å². The van der Waals surface area contributed by atoms with Gasteiger partial charge >= 0.3 is 0 Å². The van der Waals surface area contributed by atoms with Gasteiger partial charge in [0.1, 0.15) is 24.4 Å². The predicted octanol–water partition coefficient (Wildman–Crippen LogP) is -3.22. The molecule has 1 rings (SSSR count). The average molecular weight is 180 g/mol. The van der Waals surface area contributed by atoms with E-state index in [1.54, 1.807) is 0 Å². The van der Waals surface area contributed by atoms with Gasteiger partial charge in [-0.1, -0.05) is 0 Å². The van der Waals surface area contributed by atoms with E-state index in [4.69, 9.17) is 25.5 Å². The van der Waals surface area contributed by atoms with Gasteiger partial charge in [-0.3, -0.25) is 0 Å². The lowest BCUT2D eigenvalue weighted by Gasteiger charge is -2.18. The lowest BCUT2D eigenvalue weighted by molar-refractivity contribution is -0.150. The minimum atomic E-state index is -1.51. The molecule has 6 heteroatoms. The summed E-state index contributed by atoms with van der Waals surface area (Å²) in [4.78, 5) is 0. The number of ether oxygens (including phenoxy) is 1. The molecule has 5 atom stereocenters. The molecule has 0 amide bonds. The highest BCUT2D eigenvalue weighted by atomic mass is 16.6. The Hall–Kier alpha value is -0.240. The summed E-state index contributed by atoms with van der Waals surface area (Å²) in [5.41, 5.74) is 0. The second kappa shape index (κ2) is 3.65. The van der Waals surface area contributed by atoms with Crippen LogP contribution in [0.2, 0.25) is 0 Å². The third-order valence-electron chi connectivity index (χ3n) is 1.84. The van der Waals surface area contributed by atoms with Crippen LogP contribution in [0.1, 0.15) is 0 Å². The molecule has 0 radical (unpaired) electrons. The maximum absolute atomic E-state index is 9.12. The second-order valence-corrected chi connectivity index (χ2v) is 2.72. The largest absolute Gasteiger partial charge is 0.394 e. The Morgan fingerprint density at radius 1 is 1.17 bits per heavy atom. The van der Waals surface area contributed by atoms with E-state index in [0.717, 1.165) is 0 Å². The van der Waals surface area contributed by atoms with Gasteiger partial charge in [0.05, 0.1) is 6.61 Å². The van der Waals surface area contributed by atoms with Crippen LogP contribution in [-0.2, 0) is 4.74 Å². The van der Waals surface area contributed by atoms with Crippen LogP contribution in [0.25, 0.3) is 0 Å². The average Bonchev–Trinajstić information content (AvgIpc) is 2.32. The first kappa shape index (κ1) is 9.85. The van der Waals surface area contributed by atoms with Gasteiger partial charge in [-0.05, 0) is 0 Å². The Morgan fingerprint density at radius 3 is 2.08 bits per heavy atom. The van der Waals surface area contributed by atoms with Crippen LogP contribution in [0.15, 0.2) is 0 Å². The van der Waals surface area contributed by atoms with Crippen LogP contribution >= 0.6 is 0 Å². The lowest BCUT2D eigenvalue weighted by atomic mass is 10.1. The molecule has 6 nitrogen and oxygen atoms in total. The predicted molar refractivity (Wildman–Crippen MR) is 36.0 cm³/mol. The third kappa shape index (κ3) is 1.58. The van der Waals surface area contributed by atoms with Crippen molar-refractivity contribution in [3.63, 3.8) is 0 Å². The highest BCUT2D eigenvalue weighted by Crippen LogP contribution is 2.21. The Balaban J connectivity index is 2.58. The molecule has 0 aromatic carbocycles. The van der Waals surface area contributed by atoms with E-state index in [1.165, 1.54) is 0 Å². The van der Waals surface area contributed by atoms with Gasteiger partial charge in [-0.25, -0.2) is 0 Å². The van der Waals surface area contributed by atoms with Crippen molar-refractivity contribution in [1.82, 2.24) is 0 Å². The molecule has 0 bridgehead atoms. The molecule has 12 heavy (non-hydrogen) atoms. The number of hydrogen-bond acceptors (Lipinski definition) is 6.